The Morgan fingerprint density at radius 2 is 1.65 bits per heavy atom. The molecule has 1 fully saturated rings. The number of hydrogen-bond acceptors (Lipinski definition) is 2. The molecule has 1 aromatic carbocycles. The van der Waals surface area contributed by atoms with Crippen molar-refractivity contribution in [3.05, 3.63) is 28.2 Å². The zero-order valence-electron chi connectivity index (χ0n) is 8.80. The summed E-state index contributed by atoms with van der Waals surface area (Å²) in [7, 11) is 0. The van der Waals surface area contributed by atoms with E-state index in [1.165, 1.54) is 12.1 Å². The van der Waals surface area contributed by atoms with Crippen LogP contribution in [0.4, 0.5) is 5.69 Å². The van der Waals surface area contributed by atoms with Crippen molar-refractivity contribution in [1.82, 2.24) is 5.32 Å². The van der Waals surface area contributed by atoms with Crippen molar-refractivity contribution < 1.29 is 9.59 Å². The summed E-state index contributed by atoms with van der Waals surface area (Å²) in [6.07, 6.45) is 1.87. The molecule has 0 aliphatic heterocycles. The van der Waals surface area contributed by atoms with Crippen molar-refractivity contribution in [2.24, 2.45) is 0 Å². The summed E-state index contributed by atoms with van der Waals surface area (Å²) in [6.45, 7) is 0. The van der Waals surface area contributed by atoms with Gasteiger partial charge in [0, 0.05) is 21.8 Å². The topological polar surface area (TPSA) is 58.2 Å². The second kappa shape index (κ2) is 4.94. The average Bonchev–Trinajstić information content (AvgIpc) is 2.99. The van der Waals surface area contributed by atoms with Crippen LogP contribution in [-0.4, -0.2) is 17.9 Å². The Morgan fingerprint density at radius 1 is 1.06 bits per heavy atom. The van der Waals surface area contributed by atoms with Gasteiger partial charge in [-0.1, -0.05) is 23.2 Å². The predicted molar refractivity (Wildman–Crippen MR) is 66.3 cm³/mol. The van der Waals surface area contributed by atoms with Crippen molar-refractivity contribution in [2.75, 3.05) is 5.32 Å². The van der Waals surface area contributed by atoms with E-state index in [9.17, 15) is 9.59 Å². The van der Waals surface area contributed by atoms with Crippen LogP contribution in [0.15, 0.2) is 18.2 Å². The first-order valence-electron chi connectivity index (χ1n) is 5.12. The van der Waals surface area contributed by atoms with Gasteiger partial charge in [-0.05, 0) is 31.0 Å². The molecule has 1 aliphatic carbocycles. The molecule has 0 saturated heterocycles. The fourth-order valence-electron chi connectivity index (χ4n) is 1.29. The van der Waals surface area contributed by atoms with Crippen LogP contribution < -0.4 is 10.6 Å². The molecule has 1 aliphatic rings. The zero-order valence-corrected chi connectivity index (χ0v) is 10.3. The number of carbonyl (C=O) groups excluding carboxylic acids is 2. The predicted octanol–water partition coefficient (Wildman–Crippen LogP) is 2.21. The van der Waals surface area contributed by atoms with E-state index in [-0.39, 0.29) is 6.04 Å². The Morgan fingerprint density at radius 3 is 2.18 bits per heavy atom. The third-order valence-corrected chi connectivity index (χ3v) is 2.68. The monoisotopic (exact) mass is 272 g/mol. The Bertz CT molecular complexity index is 452. The Labute approximate surface area is 108 Å². The molecule has 2 N–H and O–H groups in total. The van der Waals surface area contributed by atoms with Gasteiger partial charge >= 0.3 is 11.8 Å². The smallest absolute Gasteiger partial charge is 0.313 e. The zero-order chi connectivity index (χ0) is 12.4. The number of nitrogens with one attached hydrogen (secondary N) is 2. The van der Waals surface area contributed by atoms with Gasteiger partial charge in [0.25, 0.3) is 0 Å². The van der Waals surface area contributed by atoms with E-state index < -0.39 is 11.8 Å². The lowest BCUT2D eigenvalue weighted by molar-refractivity contribution is -0.136. The minimum atomic E-state index is -0.713. The first-order chi connectivity index (χ1) is 8.04. The molecule has 0 atom stereocenters. The number of anilines is 1. The number of carbonyl (C=O) groups is 2. The van der Waals surface area contributed by atoms with Crippen LogP contribution >= 0.6 is 23.2 Å². The summed E-state index contributed by atoms with van der Waals surface area (Å²) in [5.41, 5.74) is 0.401. The molecule has 0 heterocycles. The molecule has 17 heavy (non-hydrogen) atoms. The van der Waals surface area contributed by atoms with Gasteiger partial charge in [0.05, 0.1) is 0 Å². The Balaban J connectivity index is 1.98. The molecule has 0 unspecified atom stereocenters. The van der Waals surface area contributed by atoms with Gasteiger partial charge in [0.2, 0.25) is 0 Å². The third-order valence-electron chi connectivity index (χ3n) is 2.24. The molecule has 0 spiro atoms. The molecule has 1 aromatic rings. The fraction of sp³-hybridized carbons (Fsp3) is 0.273. The van der Waals surface area contributed by atoms with Gasteiger partial charge in [-0.2, -0.15) is 0 Å². The van der Waals surface area contributed by atoms with Gasteiger partial charge < -0.3 is 10.6 Å². The highest BCUT2D eigenvalue weighted by atomic mass is 35.5. The number of rotatable bonds is 2. The van der Waals surface area contributed by atoms with E-state index in [2.05, 4.69) is 10.6 Å². The van der Waals surface area contributed by atoms with E-state index in [0.29, 0.717) is 15.7 Å². The summed E-state index contributed by atoms with van der Waals surface area (Å²) in [5, 5.41) is 5.82. The van der Waals surface area contributed by atoms with Gasteiger partial charge in [0.1, 0.15) is 0 Å². The highest BCUT2D eigenvalue weighted by Crippen LogP contribution is 2.22. The van der Waals surface area contributed by atoms with Gasteiger partial charge in [-0.3, -0.25) is 9.59 Å². The molecule has 90 valence electrons. The molecule has 6 heteroatoms. The summed E-state index contributed by atoms with van der Waals surface area (Å²) >= 11 is 11.5. The fourth-order valence-corrected chi connectivity index (χ4v) is 1.82. The van der Waals surface area contributed by atoms with Crippen molar-refractivity contribution in [1.29, 1.82) is 0 Å². The molecule has 4 nitrogen and oxygen atoms in total. The maximum Gasteiger partial charge on any atom is 0.313 e. The van der Waals surface area contributed by atoms with E-state index >= 15 is 0 Å². The maximum atomic E-state index is 11.5. The summed E-state index contributed by atoms with van der Waals surface area (Å²) in [6, 6.07) is 4.74. The molecule has 0 bridgehead atoms. The lowest BCUT2D eigenvalue weighted by Gasteiger charge is -2.06. The van der Waals surface area contributed by atoms with Gasteiger partial charge in [-0.15, -0.1) is 0 Å². The van der Waals surface area contributed by atoms with E-state index in [1.807, 2.05) is 0 Å². The number of hydrogen-bond donors (Lipinski definition) is 2. The highest BCUT2D eigenvalue weighted by Gasteiger charge is 2.26. The minimum Gasteiger partial charge on any atom is -0.345 e. The molecule has 2 rings (SSSR count). The van der Waals surface area contributed by atoms with Crippen LogP contribution in [0.1, 0.15) is 12.8 Å². The molecule has 2 amide bonds. The van der Waals surface area contributed by atoms with Crippen LogP contribution in [0.5, 0.6) is 0 Å². The maximum absolute atomic E-state index is 11.5. The van der Waals surface area contributed by atoms with Gasteiger partial charge in [-0.25, -0.2) is 0 Å². The second-order valence-electron chi connectivity index (χ2n) is 3.86. The summed E-state index contributed by atoms with van der Waals surface area (Å²) < 4.78 is 0. The summed E-state index contributed by atoms with van der Waals surface area (Å²) in [5.74, 6) is -1.35. The highest BCUT2D eigenvalue weighted by molar-refractivity contribution is 6.40. The van der Waals surface area contributed by atoms with E-state index in [1.54, 1.807) is 6.07 Å². The molecule has 0 aromatic heterocycles. The van der Waals surface area contributed by atoms with Crippen molar-refractivity contribution in [2.45, 2.75) is 18.9 Å². The SMILES string of the molecule is O=C(Nc1cc(Cl)cc(Cl)c1)C(=O)NC1CC1. The van der Waals surface area contributed by atoms with Crippen molar-refractivity contribution in [3.63, 3.8) is 0 Å². The van der Waals surface area contributed by atoms with Crippen LogP contribution in [0.25, 0.3) is 0 Å². The second-order valence-corrected chi connectivity index (χ2v) is 4.73. The molecule has 0 radical (unpaired) electrons. The Kier molecular flexibility index (Phi) is 3.54. The lowest BCUT2D eigenvalue weighted by atomic mass is 10.3. The van der Waals surface area contributed by atoms with Crippen LogP contribution in [0, 0.1) is 0 Å². The quantitative estimate of drug-likeness (QED) is 0.811. The minimum absolute atomic E-state index is 0.149. The van der Waals surface area contributed by atoms with E-state index in [0.717, 1.165) is 12.8 Å². The van der Waals surface area contributed by atoms with Gasteiger partial charge in [0.15, 0.2) is 0 Å². The molecule has 1 saturated carbocycles. The number of halogens is 2. The average molecular weight is 273 g/mol. The van der Waals surface area contributed by atoms with Crippen LogP contribution in [0.3, 0.4) is 0 Å². The first-order valence-corrected chi connectivity index (χ1v) is 5.88. The number of benzene rings is 1. The molecular formula is C11H10Cl2N2O2. The van der Waals surface area contributed by atoms with Crippen LogP contribution in [-0.2, 0) is 9.59 Å². The summed E-state index contributed by atoms with van der Waals surface area (Å²) in [4.78, 5) is 22.9. The first kappa shape index (κ1) is 12.2. The third kappa shape index (κ3) is 3.61. The van der Waals surface area contributed by atoms with Crippen molar-refractivity contribution in [3.8, 4) is 0 Å². The number of amides is 2. The Hall–Kier alpha value is -1.26. The van der Waals surface area contributed by atoms with Crippen molar-refractivity contribution >= 4 is 40.7 Å². The van der Waals surface area contributed by atoms with Crippen LogP contribution in [0.2, 0.25) is 10.0 Å². The largest absolute Gasteiger partial charge is 0.345 e. The normalized spacial score (nSPS) is 14.2. The van der Waals surface area contributed by atoms with E-state index in [4.69, 9.17) is 23.2 Å². The standard InChI is InChI=1S/C11H10Cl2N2O2/c12-6-3-7(13)5-9(4-6)15-11(17)10(16)14-8-1-2-8/h3-5,8H,1-2H2,(H,14,16)(H,15,17). The lowest BCUT2D eigenvalue weighted by Crippen LogP contribution is -2.36. The molecular weight excluding hydrogens is 263 g/mol.